The molecule has 0 spiro atoms. The topological polar surface area (TPSA) is 110 Å². The first-order chi connectivity index (χ1) is 9.37. The van der Waals surface area contributed by atoms with E-state index in [2.05, 4.69) is 0 Å². The Kier molecular flexibility index (Phi) is 2.72. The Labute approximate surface area is 115 Å². The zero-order valence-corrected chi connectivity index (χ0v) is 11.3. The Morgan fingerprint density at radius 2 is 2.05 bits per heavy atom. The fourth-order valence-electron chi connectivity index (χ4n) is 2.56. The number of rotatable bonds is 1. The van der Waals surface area contributed by atoms with E-state index in [4.69, 9.17) is 5.73 Å². The Balaban J connectivity index is 1.88. The molecule has 0 aliphatic carbocycles. The van der Waals surface area contributed by atoms with Gasteiger partial charge in [-0.1, -0.05) is 6.07 Å². The van der Waals surface area contributed by atoms with Crippen molar-refractivity contribution < 1.29 is 18.0 Å². The number of carbonyl (C=O) groups excluding carboxylic acids is 2. The van der Waals surface area contributed by atoms with Gasteiger partial charge in [-0.3, -0.25) is 14.3 Å². The monoisotopic (exact) mass is 295 g/mol. The van der Waals surface area contributed by atoms with Crippen LogP contribution in [0.4, 0.5) is 5.69 Å². The minimum Gasteiger partial charge on any atom is -0.399 e. The zero-order valence-electron chi connectivity index (χ0n) is 10.5. The summed E-state index contributed by atoms with van der Waals surface area (Å²) in [7, 11) is -3.54. The SMILES string of the molecule is Nc1ccc2c(c1)C(=O)N(C1CCS(=O)(=O)NC1=O)C2. The first-order valence-electron chi connectivity index (χ1n) is 6.11. The maximum Gasteiger partial charge on any atom is 0.256 e. The predicted molar refractivity (Wildman–Crippen MR) is 71.1 cm³/mol. The van der Waals surface area contributed by atoms with Gasteiger partial charge in [-0.05, 0) is 24.1 Å². The van der Waals surface area contributed by atoms with Gasteiger partial charge in [0.25, 0.3) is 11.8 Å². The third kappa shape index (κ3) is 2.01. The molecule has 2 heterocycles. The first kappa shape index (κ1) is 12.9. The molecule has 0 bridgehead atoms. The maximum absolute atomic E-state index is 12.3. The molecule has 3 rings (SSSR count). The van der Waals surface area contributed by atoms with Crippen LogP contribution in [0.3, 0.4) is 0 Å². The number of nitrogens with zero attached hydrogens (tertiary/aromatic N) is 1. The quantitative estimate of drug-likeness (QED) is 0.675. The molecule has 0 aromatic heterocycles. The van der Waals surface area contributed by atoms with E-state index in [-0.39, 0.29) is 18.1 Å². The van der Waals surface area contributed by atoms with Crippen molar-refractivity contribution in [2.45, 2.75) is 19.0 Å². The molecule has 1 unspecified atom stereocenters. The van der Waals surface area contributed by atoms with E-state index in [1.54, 1.807) is 18.2 Å². The van der Waals surface area contributed by atoms with E-state index in [0.717, 1.165) is 5.56 Å². The molecule has 1 aromatic rings. The average Bonchev–Trinajstić information content (AvgIpc) is 2.66. The number of amides is 2. The summed E-state index contributed by atoms with van der Waals surface area (Å²) in [5.41, 5.74) is 7.41. The molecule has 106 valence electrons. The molecule has 0 saturated carbocycles. The molecular weight excluding hydrogens is 282 g/mol. The molecule has 3 N–H and O–H groups in total. The van der Waals surface area contributed by atoms with Crippen molar-refractivity contribution in [2.75, 3.05) is 11.5 Å². The lowest BCUT2D eigenvalue weighted by Crippen LogP contribution is -2.53. The predicted octanol–water partition coefficient (Wildman–Crippen LogP) is -0.557. The average molecular weight is 295 g/mol. The van der Waals surface area contributed by atoms with Crippen molar-refractivity contribution in [3.05, 3.63) is 29.3 Å². The Morgan fingerprint density at radius 3 is 2.75 bits per heavy atom. The molecule has 8 heteroatoms. The summed E-state index contributed by atoms with van der Waals surface area (Å²) in [6, 6.07) is 4.27. The van der Waals surface area contributed by atoms with Crippen LogP contribution in [-0.2, 0) is 21.4 Å². The number of sulfonamides is 1. The van der Waals surface area contributed by atoms with Crippen LogP contribution in [0.15, 0.2) is 18.2 Å². The van der Waals surface area contributed by atoms with Crippen molar-refractivity contribution >= 4 is 27.5 Å². The first-order valence-corrected chi connectivity index (χ1v) is 7.76. The summed E-state index contributed by atoms with van der Waals surface area (Å²) in [6.07, 6.45) is 0.114. The lowest BCUT2D eigenvalue weighted by Gasteiger charge is -2.29. The smallest absolute Gasteiger partial charge is 0.256 e. The number of anilines is 1. The van der Waals surface area contributed by atoms with Crippen molar-refractivity contribution in [1.82, 2.24) is 9.62 Å². The van der Waals surface area contributed by atoms with E-state index in [1.165, 1.54) is 4.90 Å². The molecule has 1 fully saturated rings. The highest BCUT2D eigenvalue weighted by Crippen LogP contribution is 2.28. The van der Waals surface area contributed by atoms with Gasteiger partial charge in [0.1, 0.15) is 6.04 Å². The molecule has 2 amide bonds. The molecular formula is C12H13N3O4S. The standard InChI is InChI=1S/C12H13N3O4S/c13-8-2-1-7-6-15(12(17)9(7)5-8)10-3-4-20(18,19)14-11(10)16/h1-2,5,10H,3-4,6,13H2,(H,14,16). The molecule has 7 nitrogen and oxygen atoms in total. The minimum atomic E-state index is -3.54. The molecule has 1 atom stereocenters. The van der Waals surface area contributed by atoms with Crippen molar-refractivity contribution in [3.63, 3.8) is 0 Å². The number of hydrogen-bond donors (Lipinski definition) is 2. The second kappa shape index (κ2) is 4.20. The van der Waals surface area contributed by atoms with Crippen LogP contribution >= 0.6 is 0 Å². The summed E-state index contributed by atoms with van der Waals surface area (Å²) in [5, 5.41) is 0. The number of nitrogens with two attached hydrogens (primary N) is 1. The van der Waals surface area contributed by atoms with Crippen LogP contribution in [0.2, 0.25) is 0 Å². The second-order valence-corrected chi connectivity index (χ2v) is 6.78. The number of benzene rings is 1. The summed E-state index contributed by atoms with van der Waals surface area (Å²) >= 11 is 0. The molecule has 1 aromatic carbocycles. The van der Waals surface area contributed by atoms with Gasteiger partial charge >= 0.3 is 0 Å². The highest BCUT2D eigenvalue weighted by atomic mass is 32.2. The zero-order chi connectivity index (χ0) is 14.5. The van der Waals surface area contributed by atoms with Crippen molar-refractivity contribution in [1.29, 1.82) is 0 Å². The maximum atomic E-state index is 12.3. The van der Waals surface area contributed by atoms with Crippen LogP contribution < -0.4 is 10.5 Å². The van der Waals surface area contributed by atoms with Gasteiger partial charge in [-0.25, -0.2) is 8.42 Å². The lowest BCUT2D eigenvalue weighted by molar-refractivity contribution is -0.124. The van der Waals surface area contributed by atoms with Gasteiger partial charge in [0, 0.05) is 17.8 Å². The van der Waals surface area contributed by atoms with Gasteiger partial charge in [0.15, 0.2) is 0 Å². The Hall–Kier alpha value is -2.09. The largest absolute Gasteiger partial charge is 0.399 e. The minimum absolute atomic E-state index is 0.114. The van der Waals surface area contributed by atoms with E-state index >= 15 is 0 Å². The second-order valence-electron chi connectivity index (χ2n) is 4.94. The van der Waals surface area contributed by atoms with Crippen LogP contribution in [0.5, 0.6) is 0 Å². The molecule has 0 radical (unpaired) electrons. The summed E-state index contributed by atoms with van der Waals surface area (Å²) in [6.45, 7) is 0.298. The van der Waals surface area contributed by atoms with Gasteiger partial charge in [0.05, 0.1) is 5.75 Å². The van der Waals surface area contributed by atoms with Crippen molar-refractivity contribution in [2.24, 2.45) is 0 Å². The summed E-state index contributed by atoms with van der Waals surface area (Å²) in [4.78, 5) is 25.5. The highest BCUT2D eigenvalue weighted by Gasteiger charge is 2.40. The number of nitrogens with one attached hydrogen (secondary N) is 1. The normalized spacial score (nSPS) is 24.4. The Bertz CT molecular complexity index is 713. The van der Waals surface area contributed by atoms with Crippen LogP contribution in [0.25, 0.3) is 0 Å². The molecule has 1 saturated heterocycles. The fourth-order valence-corrected chi connectivity index (χ4v) is 3.64. The van der Waals surface area contributed by atoms with E-state index in [9.17, 15) is 18.0 Å². The molecule has 20 heavy (non-hydrogen) atoms. The van der Waals surface area contributed by atoms with E-state index in [0.29, 0.717) is 17.8 Å². The third-order valence-electron chi connectivity index (χ3n) is 3.56. The van der Waals surface area contributed by atoms with Crippen LogP contribution in [0.1, 0.15) is 22.3 Å². The fraction of sp³-hybridized carbons (Fsp3) is 0.333. The highest BCUT2D eigenvalue weighted by molar-refractivity contribution is 7.90. The Morgan fingerprint density at radius 1 is 1.30 bits per heavy atom. The van der Waals surface area contributed by atoms with Gasteiger partial charge in [-0.15, -0.1) is 0 Å². The van der Waals surface area contributed by atoms with Gasteiger partial charge in [0.2, 0.25) is 10.0 Å². The number of fused-ring (bicyclic) bond motifs is 1. The van der Waals surface area contributed by atoms with E-state index in [1.807, 2.05) is 4.72 Å². The lowest BCUT2D eigenvalue weighted by atomic mass is 10.1. The number of carbonyl (C=O) groups is 2. The third-order valence-corrected chi connectivity index (χ3v) is 4.85. The van der Waals surface area contributed by atoms with E-state index < -0.39 is 22.0 Å². The van der Waals surface area contributed by atoms with Gasteiger partial charge < -0.3 is 10.6 Å². The van der Waals surface area contributed by atoms with Gasteiger partial charge in [-0.2, -0.15) is 0 Å². The van der Waals surface area contributed by atoms with Crippen LogP contribution in [-0.4, -0.2) is 36.9 Å². The van der Waals surface area contributed by atoms with Crippen molar-refractivity contribution in [3.8, 4) is 0 Å². The molecule has 2 aliphatic rings. The number of nitrogen functional groups attached to an aromatic ring is 1. The number of hydrogen-bond acceptors (Lipinski definition) is 5. The summed E-state index contributed by atoms with van der Waals surface area (Å²) < 4.78 is 24.6. The molecule has 2 aliphatic heterocycles. The van der Waals surface area contributed by atoms with Crippen LogP contribution in [0, 0.1) is 0 Å². The summed E-state index contributed by atoms with van der Waals surface area (Å²) in [5.74, 6) is -1.09.